The van der Waals surface area contributed by atoms with E-state index in [0.717, 1.165) is 31.1 Å². The Bertz CT molecular complexity index is 914. The highest BCUT2D eigenvalue weighted by molar-refractivity contribution is 7.89. The topological polar surface area (TPSA) is 78.5 Å². The third-order valence-electron chi connectivity index (χ3n) is 5.36. The standard InChI is InChI=1S/C23H31N3O3S/c1-19-6-5-15-26(17-19)18-21-11-9-20(10-12-21)16-24-23(27)13-14-25-30(28,29)22-7-3-2-4-8-22/h2-4,7-12,19,25H,5-6,13-18H2,1H3,(H,24,27). The molecule has 162 valence electrons. The average molecular weight is 430 g/mol. The molecule has 1 atom stereocenters. The molecule has 0 aromatic heterocycles. The summed E-state index contributed by atoms with van der Waals surface area (Å²) in [5.74, 6) is 0.586. The maximum atomic E-state index is 12.1. The highest BCUT2D eigenvalue weighted by Gasteiger charge is 2.16. The summed E-state index contributed by atoms with van der Waals surface area (Å²) in [7, 11) is -3.58. The van der Waals surface area contributed by atoms with Gasteiger partial charge >= 0.3 is 0 Å². The van der Waals surface area contributed by atoms with Gasteiger partial charge in [0.1, 0.15) is 0 Å². The Hall–Kier alpha value is -2.22. The van der Waals surface area contributed by atoms with Gasteiger partial charge in [0.25, 0.3) is 0 Å². The van der Waals surface area contributed by atoms with E-state index in [9.17, 15) is 13.2 Å². The van der Waals surface area contributed by atoms with Crippen molar-refractivity contribution in [3.8, 4) is 0 Å². The summed E-state index contributed by atoms with van der Waals surface area (Å²) in [4.78, 5) is 14.7. The molecular formula is C23H31N3O3S. The second-order valence-corrected chi connectivity index (χ2v) is 9.80. The van der Waals surface area contributed by atoms with Crippen molar-refractivity contribution in [2.45, 2.75) is 44.2 Å². The molecule has 1 fully saturated rings. The Morgan fingerprint density at radius 1 is 1.07 bits per heavy atom. The van der Waals surface area contributed by atoms with Crippen molar-refractivity contribution in [3.05, 3.63) is 65.7 Å². The number of likely N-dealkylation sites (tertiary alicyclic amines) is 1. The lowest BCUT2D eigenvalue weighted by Gasteiger charge is -2.30. The lowest BCUT2D eigenvalue weighted by molar-refractivity contribution is -0.121. The van der Waals surface area contributed by atoms with Crippen molar-refractivity contribution in [2.75, 3.05) is 19.6 Å². The Labute approximate surface area is 179 Å². The number of nitrogens with zero attached hydrogens (tertiary/aromatic N) is 1. The molecule has 1 saturated heterocycles. The largest absolute Gasteiger partial charge is 0.352 e. The van der Waals surface area contributed by atoms with Crippen LogP contribution in [0.2, 0.25) is 0 Å². The van der Waals surface area contributed by atoms with Crippen molar-refractivity contribution in [1.82, 2.24) is 14.9 Å². The van der Waals surface area contributed by atoms with Crippen LogP contribution < -0.4 is 10.0 Å². The SMILES string of the molecule is CC1CCCN(Cc2ccc(CNC(=O)CCNS(=O)(=O)c3ccccc3)cc2)C1. The van der Waals surface area contributed by atoms with Gasteiger partial charge in [-0.25, -0.2) is 13.1 Å². The van der Waals surface area contributed by atoms with Crippen molar-refractivity contribution < 1.29 is 13.2 Å². The predicted octanol–water partition coefficient (Wildman–Crippen LogP) is 2.90. The van der Waals surface area contributed by atoms with Gasteiger partial charge < -0.3 is 5.32 Å². The van der Waals surface area contributed by atoms with Gasteiger partial charge in [0, 0.05) is 32.6 Å². The van der Waals surface area contributed by atoms with E-state index < -0.39 is 10.0 Å². The molecule has 0 aliphatic carbocycles. The summed E-state index contributed by atoms with van der Waals surface area (Å²) in [6, 6.07) is 16.5. The van der Waals surface area contributed by atoms with Crippen LogP contribution in [-0.2, 0) is 27.9 Å². The zero-order valence-electron chi connectivity index (χ0n) is 17.5. The van der Waals surface area contributed by atoms with Crippen LogP contribution in [0.25, 0.3) is 0 Å². The number of rotatable bonds is 9. The van der Waals surface area contributed by atoms with Crippen LogP contribution >= 0.6 is 0 Å². The Morgan fingerprint density at radius 2 is 1.77 bits per heavy atom. The van der Waals surface area contributed by atoms with Crippen LogP contribution in [-0.4, -0.2) is 38.9 Å². The van der Waals surface area contributed by atoms with E-state index in [1.54, 1.807) is 18.2 Å². The van der Waals surface area contributed by atoms with Gasteiger partial charge in [0.15, 0.2) is 0 Å². The van der Waals surface area contributed by atoms with Crippen molar-refractivity contribution >= 4 is 15.9 Å². The zero-order valence-corrected chi connectivity index (χ0v) is 18.3. The molecule has 1 unspecified atom stereocenters. The fraction of sp³-hybridized carbons (Fsp3) is 0.435. The molecule has 3 rings (SSSR count). The second-order valence-electron chi connectivity index (χ2n) is 8.04. The fourth-order valence-corrected chi connectivity index (χ4v) is 4.77. The number of hydrogen-bond donors (Lipinski definition) is 2. The molecule has 0 radical (unpaired) electrons. The lowest BCUT2D eigenvalue weighted by atomic mass is 9.99. The van der Waals surface area contributed by atoms with E-state index in [1.807, 2.05) is 12.1 Å². The summed E-state index contributed by atoms with van der Waals surface area (Å²) >= 11 is 0. The van der Waals surface area contributed by atoms with Crippen molar-refractivity contribution in [3.63, 3.8) is 0 Å². The number of benzene rings is 2. The van der Waals surface area contributed by atoms with Gasteiger partial charge in [-0.2, -0.15) is 0 Å². The normalized spacial score (nSPS) is 17.6. The van der Waals surface area contributed by atoms with Crippen molar-refractivity contribution in [1.29, 1.82) is 0 Å². The number of sulfonamides is 1. The van der Waals surface area contributed by atoms with E-state index in [0.29, 0.717) is 6.54 Å². The molecule has 30 heavy (non-hydrogen) atoms. The number of piperidine rings is 1. The quantitative estimate of drug-likeness (QED) is 0.642. The average Bonchev–Trinajstić information content (AvgIpc) is 2.74. The number of amides is 1. The van der Waals surface area contributed by atoms with E-state index >= 15 is 0 Å². The first-order valence-corrected chi connectivity index (χ1v) is 12.0. The molecule has 0 saturated carbocycles. The van der Waals surface area contributed by atoms with E-state index in [-0.39, 0.29) is 23.8 Å². The Balaban J connectivity index is 1.38. The van der Waals surface area contributed by atoms with Gasteiger partial charge in [-0.1, -0.05) is 49.4 Å². The van der Waals surface area contributed by atoms with Gasteiger partial charge in [0.05, 0.1) is 4.90 Å². The van der Waals surface area contributed by atoms with Crippen LogP contribution in [0.5, 0.6) is 0 Å². The molecule has 7 heteroatoms. The van der Waals surface area contributed by atoms with Gasteiger partial charge in [-0.3, -0.25) is 9.69 Å². The number of hydrogen-bond acceptors (Lipinski definition) is 4. The van der Waals surface area contributed by atoms with Gasteiger partial charge in [0.2, 0.25) is 15.9 Å². The third-order valence-corrected chi connectivity index (χ3v) is 6.83. The van der Waals surface area contributed by atoms with Crippen molar-refractivity contribution in [2.24, 2.45) is 5.92 Å². The summed E-state index contributed by atoms with van der Waals surface area (Å²) in [5, 5.41) is 2.85. The minimum Gasteiger partial charge on any atom is -0.352 e. The predicted molar refractivity (Wildman–Crippen MR) is 118 cm³/mol. The molecule has 2 aromatic rings. The van der Waals surface area contributed by atoms with Crippen LogP contribution in [0, 0.1) is 5.92 Å². The Kier molecular flexibility index (Phi) is 8.01. The first kappa shape index (κ1) is 22.5. The highest BCUT2D eigenvalue weighted by Crippen LogP contribution is 2.18. The van der Waals surface area contributed by atoms with E-state index in [2.05, 4.69) is 34.0 Å². The second kappa shape index (κ2) is 10.7. The maximum absolute atomic E-state index is 12.1. The lowest BCUT2D eigenvalue weighted by Crippen LogP contribution is -2.33. The van der Waals surface area contributed by atoms with E-state index in [4.69, 9.17) is 0 Å². The number of carbonyl (C=O) groups excluding carboxylic acids is 1. The molecule has 6 nitrogen and oxygen atoms in total. The smallest absolute Gasteiger partial charge is 0.240 e. The summed E-state index contributed by atoms with van der Waals surface area (Å²) < 4.78 is 26.7. The molecule has 2 N–H and O–H groups in total. The number of carbonyl (C=O) groups is 1. The first-order valence-electron chi connectivity index (χ1n) is 10.5. The molecule has 1 heterocycles. The van der Waals surface area contributed by atoms with Gasteiger partial charge in [-0.15, -0.1) is 0 Å². The zero-order chi connectivity index (χ0) is 21.4. The molecule has 1 aliphatic rings. The summed E-state index contributed by atoms with van der Waals surface area (Å²) in [6.07, 6.45) is 2.69. The molecule has 1 amide bonds. The molecule has 1 aliphatic heterocycles. The fourth-order valence-electron chi connectivity index (χ4n) is 3.72. The van der Waals surface area contributed by atoms with Crippen LogP contribution in [0.3, 0.4) is 0 Å². The monoisotopic (exact) mass is 429 g/mol. The van der Waals surface area contributed by atoms with Gasteiger partial charge in [-0.05, 0) is 48.6 Å². The van der Waals surface area contributed by atoms with E-state index in [1.165, 1.54) is 30.5 Å². The highest BCUT2D eigenvalue weighted by atomic mass is 32.2. The van der Waals surface area contributed by atoms with Crippen LogP contribution in [0.15, 0.2) is 59.5 Å². The van der Waals surface area contributed by atoms with Crippen LogP contribution in [0.1, 0.15) is 37.3 Å². The third kappa shape index (κ3) is 6.93. The maximum Gasteiger partial charge on any atom is 0.240 e. The molecular weight excluding hydrogens is 398 g/mol. The van der Waals surface area contributed by atoms with Crippen LogP contribution in [0.4, 0.5) is 0 Å². The molecule has 0 spiro atoms. The first-order chi connectivity index (χ1) is 14.4. The minimum atomic E-state index is -3.58. The molecule has 2 aromatic carbocycles. The summed E-state index contributed by atoms with van der Waals surface area (Å²) in [5.41, 5.74) is 2.32. The minimum absolute atomic E-state index is 0.0657. The summed E-state index contributed by atoms with van der Waals surface area (Å²) in [6.45, 7) is 6.10. The Morgan fingerprint density at radius 3 is 2.47 bits per heavy atom. The number of nitrogens with one attached hydrogen (secondary N) is 2. The molecule has 0 bridgehead atoms.